The van der Waals surface area contributed by atoms with Gasteiger partial charge in [0.05, 0.1) is 6.61 Å². The lowest BCUT2D eigenvalue weighted by atomic mass is 10.0. The van der Waals surface area contributed by atoms with E-state index in [1.165, 1.54) is 0 Å². The van der Waals surface area contributed by atoms with Crippen LogP contribution in [0.5, 0.6) is 5.75 Å². The molecule has 1 unspecified atom stereocenters. The Balaban J connectivity index is 1.60. The molecule has 2 rings (SSSR count). The first kappa shape index (κ1) is 18.8. The van der Waals surface area contributed by atoms with Gasteiger partial charge >= 0.3 is 5.97 Å². The standard InChI is InChI=1S/C18H24BrNO4/c1-14-6-2-3-10-20(14)17(21)13-24-18(22)9-5-11-23-16-8-4-7-15(19)12-16/h4,7-8,12,14H,2-3,5-6,9-11,13H2,1H3. The molecule has 1 aliphatic rings. The number of carbonyl (C=O) groups is 2. The van der Waals surface area contributed by atoms with E-state index in [9.17, 15) is 9.59 Å². The van der Waals surface area contributed by atoms with Gasteiger partial charge in [0.2, 0.25) is 0 Å². The smallest absolute Gasteiger partial charge is 0.306 e. The van der Waals surface area contributed by atoms with E-state index in [1.54, 1.807) is 0 Å². The van der Waals surface area contributed by atoms with Crippen molar-refractivity contribution in [3.63, 3.8) is 0 Å². The molecule has 0 bridgehead atoms. The van der Waals surface area contributed by atoms with Gasteiger partial charge in [-0.2, -0.15) is 0 Å². The summed E-state index contributed by atoms with van der Waals surface area (Å²) in [6.45, 7) is 3.08. The molecule has 1 saturated heterocycles. The lowest BCUT2D eigenvalue weighted by molar-refractivity contribution is -0.153. The normalized spacial score (nSPS) is 17.4. The Morgan fingerprint density at radius 3 is 2.92 bits per heavy atom. The van der Waals surface area contributed by atoms with Crippen LogP contribution in [-0.4, -0.2) is 42.6 Å². The fourth-order valence-corrected chi connectivity index (χ4v) is 3.11. The molecule has 0 spiro atoms. The number of hydrogen-bond acceptors (Lipinski definition) is 4. The van der Waals surface area contributed by atoms with Crippen LogP contribution in [0, 0.1) is 0 Å². The van der Waals surface area contributed by atoms with E-state index in [1.807, 2.05) is 36.1 Å². The van der Waals surface area contributed by atoms with Gasteiger partial charge in [0.25, 0.3) is 5.91 Å². The van der Waals surface area contributed by atoms with Crippen LogP contribution >= 0.6 is 15.9 Å². The molecule has 0 aromatic heterocycles. The van der Waals surface area contributed by atoms with Crippen molar-refractivity contribution in [2.45, 2.75) is 45.1 Å². The van der Waals surface area contributed by atoms with Crippen molar-refractivity contribution in [2.75, 3.05) is 19.8 Å². The lowest BCUT2D eigenvalue weighted by Gasteiger charge is -2.33. The van der Waals surface area contributed by atoms with Crippen molar-refractivity contribution in [3.8, 4) is 5.75 Å². The van der Waals surface area contributed by atoms with Crippen LogP contribution in [0.2, 0.25) is 0 Å². The molecule has 1 aromatic rings. The number of carbonyl (C=O) groups excluding carboxylic acids is 2. The number of rotatable bonds is 7. The minimum atomic E-state index is -0.356. The number of piperidine rings is 1. The van der Waals surface area contributed by atoms with Crippen LogP contribution in [0.15, 0.2) is 28.7 Å². The maximum Gasteiger partial charge on any atom is 0.306 e. The Morgan fingerprint density at radius 2 is 2.17 bits per heavy atom. The highest BCUT2D eigenvalue weighted by atomic mass is 79.9. The number of likely N-dealkylation sites (tertiary alicyclic amines) is 1. The van der Waals surface area contributed by atoms with Crippen molar-refractivity contribution in [3.05, 3.63) is 28.7 Å². The number of nitrogens with zero attached hydrogens (tertiary/aromatic N) is 1. The van der Waals surface area contributed by atoms with Gasteiger partial charge in [-0.3, -0.25) is 9.59 Å². The summed E-state index contributed by atoms with van der Waals surface area (Å²) in [6, 6.07) is 7.78. The number of hydrogen-bond donors (Lipinski definition) is 0. The predicted octanol–water partition coefficient (Wildman–Crippen LogP) is 3.55. The first-order valence-electron chi connectivity index (χ1n) is 8.39. The third-order valence-corrected chi connectivity index (χ3v) is 4.56. The zero-order chi connectivity index (χ0) is 17.4. The number of halogens is 1. The quantitative estimate of drug-likeness (QED) is 0.521. The topological polar surface area (TPSA) is 55.8 Å². The van der Waals surface area contributed by atoms with Crippen molar-refractivity contribution >= 4 is 27.8 Å². The molecule has 1 heterocycles. The van der Waals surface area contributed by atoms with E-state index < -0.39 is 0 Å². The molecule has 0 radical (unpaired) electrons. The molecule has 5 nitrogen and oxygen atoms in total. The van der Waals surface area contributed by atoms with E-state index in [2.05, 4.69) is 15.9 Å². The summed E-state index contributed by atoms with van der Waals surface area (Å²) in [7, 11) is 0. The van der Waals surface area contributed by atoms with Crippen molar-refractivity contribution in [1.29, 1.82) is 0 Å². The molecule has 1 aliphatic heterocycles. The van der Waals surface area contributed by atoms with Gasteiger partial charge < -0.3 is 14.4 Å². The lowest BCUT2D eigenvalue weighted by Crippen LogP contribution is -2.44. The van der Waals surface area contributed by atoms with Crippen molar-refractivity contribution < 1.29 is 19.1 Å². The second-order valence-electron chi connectivity index (χ2n) is 6.00. The van der Waals surface area contributed by atoms with Gasteiger partial charge in [-0.15, -0.1) is 0 Å². The maximum atomic E-state index is 12.1. The van der Waals surface area contributed by atoms with Gasteiger partial charge in [-0.25, -0.2) is 0 Å². The van der Waals surface area contributed by atoms with E-state index in [4.69, 9.17) is 9.47 Å². The Labute approximate surface area is 151 Å². The van der Waals surface area contributed by atoms with Crippen LogP contribution in [-0.2, 0) is 14.3 Å². The Hall–Kier alpha value is -1.56. The average molecular weight is 398 g/mol. The van der Waals surface area contributed by atoms with Gasteiger partial charge in [0, 0.05) is 23.5 Å². The number of benzene rings is 1. The largest absolute Gasteiger partial charge is 0.494 e. The molecule has 0 saturated carbocycles. The Kier molecular flexibility index (Phi) is 7.56. The first-order chi connectivity index (χ1) is 11.6. The van der Waals surface area contributed by atoms with Crippen molar-refractivity contribution in [1.82, 2.24) is 4.90 Å². The highest BCUT2D eigenvalue weighted by molar-refractivity contribution is 9.10. The van der Waals surface area contributed by atoms with Crippen LogP contribution < -0.4 is 4.74 Å². The van der Waals surface area contributed by atoms with Gasteiger partial charge in [-0.1, -0.05) is 22.0 Å². The fourth-order valence-electron chi connectivity index (χ4n) is 2.73. The van der Waals surface area contributed by atoms with E-state index in [0.29, 0.717) is 13.0 Å². The summed E-state index contributed by atoms with van der Waals surface area (Å²) >= 11 is 3.38. The van der Waals surface area contributed by atoms with Gasteiger partial charge in [0.1, 0.15) is 5.75 Å². The van der Waals surface area contributed by atoms with Crippen LogP contribution in [0.1, 0.15) is 39.0 Å². The molecule has 6 heteroatoms. The third-order valence-electron chi connectivity index (χ3n) is 4.07. The zero-order valence-corrected chi connectivity index (χ0v) is 15.6. The molecule has 0 aliphatic carbocycles. The fraction of sp³-hybridized carbons (Fsp3) is 0.556. The molecular formula is C18H24BrNO4. The minimum absolute atomic E-state index is 0.0964. The summed E-state index contributed by atoms with van der Waals surface area (Å²) in [6.07, 6.45) is 4.00. The maximum absolute atomic E-state index is 12.1. The van der Waals surface area contributed by atoms with Gasteiger partial charge in [0.15, 0.2) is 6.61 Å². The second-order valence-corrected chi connectivity index (χ2v) is 6.92. The third kappa shape index (κ3) is 6.15. The Bertz CT molecular complexity index is 564. The highest BCUT2D eigenvalue weighted by Gasteiger charge is 2.23. The summed E-state index contributed by atoms with van der Waals surface area (Å²) in [5.41, 5.74) is 0. The SMILES string of the molecule is CC1CCCCN1C(=O)COC(=O)CCCOc1cccc(Br)c1. The molecule has 1 amide bonds. The van der Waals surface area contributed by atoms with E-state index in [-0.39, 0.29) is 30.9 Å². The van der Waals surface area contributed by atoms with Crippen LogP contribution in [0.25, 0.3) is 0 Å². The monoisotopic (exact) mass is 397 g/mol. The van der Waals surface area contributed by atoms with Gasteiger partial charge in [-0.05, 0) is 50.8 Å². The molecule has 132 valence electrons. The number of ether oxygens (including phenoxy) is 2. The molecule has 1 fully saturated rings. The predicted molar refractivity (Wildman–Crippen MR) is 94.9 cm³/mol. The zero-order valence-electron chi connectivity index (χ0n) is 14.0. The molecule has 1 aromatic carbocycles. The molecule has 0 N–H and O–H groups in total. The Morgan fingerprint density at radius 1 is 1.33 bits per heavy atom. The summed E-state index contributed by atoms with van der Waals surface area (Å²) in [5.74, 6) is 0.304. The minimum Gasteiger partial charge on any atom is -0.494 e. The average Bonchev–Trinajstić information content (AvgIpc) is 2.57. The first-order valence-corrected chi connectivity index (χ1v) is 9.19. The van der Waals surface area contributed by atoms with E-state index in [0.717, 1.165) is 36.0 Å². The summed E-state index contributed by atoms with van der Waals surface area (Å²) in [4.78, 5) is 25.6. The number of esters is 1. The second kappa shape index (κ2) is 9.67. The van der Waals surface area contributed by atoms with Crippen LogP contribution in [0.4, 0.5) is 0 Å². The van der Waals surface area contributed by atoms with Crippen molar-refractivity contribution in [2.24, 2.45) is 0 Å². The highest BCUT2D eigenvalue weighted by Crippen LogP contribution is 2.18. The summed E-state index contributed by atoms with van der Waals surface area (Å²) < 4.78 is 11.6. The molecule has 24 heavy (non-hydrogen) atoms. The number of amides is 1. The summed E-state index contributed by atoms with van der Waals surface area (Å²) in [5, 5.41) is 0. The molecule has 1 atom stereocenters. The van der Waals surface area contributed by atoms with Crippen LogP contribution in [0.3, 0.4) is 0 Å². The molecular weight excluding hydrogens is 374 g/mol. The van der Waals surface area contributed by atoms with E-state index >= 15 is 0 Å².